The number of hydrogen-bond donors (Lipinski definition) is 0. The van der Waals surface area contributed by atoms with Crippen LogP contribution in [0.1, 0.15) is 27.3 Å². The van der Waals surface area contributed by atoms with Gasteiger partial charge in [-0.05, 0) is 49.7 Å². The molecule has 0 saturated carbocycles. The SMILES string of the molecule is Cc1nc2ccc(C(=O)N(C)Cc3ccncc3)cc2nc1C. The third kappa shape index (κ3) is 3.18. The molecule has 2 aromatic heterocycles. The molecule has 1 amide bonds. The van der Waals surface area contributed by atoms with Gasteiger partial charge in [0.1, 0.15) is 0 Å². The summed E-state index contributed by atoms with van der Waals surface area (Å²) in [5, 5.41) is 0. The van der Waals surface area contributed by atoms with Gasteiger partial charge in [-0.1, -0.05) is 0 Å². The smallest absolute Gasteiger partial charge is 0.253 e. The normalized spacial score (nSPS) is 10.7. The number of rotatable bonds is 3. The van der Waals surface area contributed by atoms with Gasteiger partial charge in [0.15, 0.2) is 0 Å². The van der Waals surface area contributed by atoms with E-state index in [9.17, 15) is 4.79 Å². The van der Waals surface area contributed by atoms with Gasteiger partial charge in [0, 0.05) is 31.5 Å². The summed E-state index contributed by atoms with van der Waals surface area (Å²) in [5.41, 5.74) is 5.01. The van der Waals surface area contributed by atoms with Crippen LogP contribution in [0.3, 0.4) is 0 Å². The van der Waals surface area contributed by atoms with Gasteiger partial charge in [-0.3, -0.25) is 9.78 Å². The van der Waals surface area contributed by atoms with Gasteiger partial charge in [-0.2, -0.15) is 0 Å². The van der Waals surface area contributed by atoms with Gasteiger partial charge >= 0.3 is 0 Å². The lowest BCUT2D eigenvalue weighted by Gasteiger charge is -2.17. The van der Waals surface area contributed by atoms with Crippen LogP contribution in [-0.4, -0.2) is 32.8 Å². The Morgan fingerprint density at radius 1 is 1.00 bits per heavy atom. The fourth-order valence-corrected chi connectivity index (χ4v) is 2.42. The van der Waals surface area contributed by atoms with Crippen LogP contribution in [-0.2, 0) is 6.54 Å². The number of amides is 1. The molecule has 0 spiro atoms. The van der Waals surface area contributed by atoms with E-state index in [1.54, 1.807) is 36.5 Å². The van der Waals surface area contributed by atoms with Gasteiger partial charge in [0.2, 0.25) is 0 Å². The molecule has 5 heteroatoms. The average molecular weight is 306 g/mol. The fourth-order valence-electron chi connectivity index (χ4n) is 2.42. The lowest BCUT2D eigenvalue weighted by molar-refractivity contribution is 0.0785. The van der Waals surface area contributed by atoms with Crippen LogP contribution in [0.15, 0.2) is 42.7 Å². The van der Waals surface area contributed by atoms with E-state index in [1.807, 2.05) is 32.0 Å². The largest absolute Gasteiger partial charge is 0.337 e. The van der Waals surface area contributed by atoms with Crippen LogP contribution in [0.25, 0.3) is 11.0 Å². The topological polar surface area (TPSA) is 59.0 Å². The second-order valence-corrected chi connectivity index (χ2v) is 5.61. The number of pyridine rings is 1. The second-order valence-electron chi connectivity index (χ2n) is 5.61. The van der Waals surface area contributed by atoms with Crippen LogP contribution in [0.5, 0.6) is 0 Å². The minimum absolute atomic E-state index is 0.0382. The second kappa shape index (κ2) is 6.12. The van der Waals surface area contributed by atoms with Crippen LogP contribution in [0.2, 0.25) is 0 Å². The molecule has 0 aliphatic carbocycles. The average Bonchev–Trinajstić information content (AvgIpc) is 2.55. The predicted molar refractivity (Wildman–Crippen MR) is 89.0 cm³/mol. The first-order chi connectivity index (χ1) is 11.0. The van der Waals surface area contributed by atoms with E-state index in [4.69, 9.17) is 0 Å². The summed E-state index contributed by atoms with van der Waals surface area (Å²) in [4.78, 5) is 27.3. The van der Waals surface area contributed by atoms with Crippen molar-refractivity contribution in [1.82, 2.24) is 19.9 Å². The van der Waals surface area contributed by atoms with E-state index in [0.717, 1.165) is 28.0 Å². The maximum Gasteiger partial charge on any atom is 0.253 e. The summed E-state index contributed by atoms with van der Waals surface area (Å²) >= 11 is 0. The summed E-state index contributed by atoms with van der Waals surface area (Å²) in [6.07, 6.45) is 3.45. The van der Waals surface area contributed by atoms with Gasteiger partial charge in [0.05, 0.1) is 22.4 Å². The minimum atomic E-state index is -0.0382. The number of carbonyl (C=O) groups is 1. The quantitative estimate of drug-likeness (QED) is 0.746. The molecule has 0 N–H and O–H groups in total. The number of nitrogens with zero attached hydrogens (tertiary/aromatic N) is 4. The van der Waals surface area contributed by atoms with E-state index < -0.39 is 0 Å². The zero-order chi connectivity index (χ0) is 16.4. The molecule has 0 aliphatic rings. The summed E-state index contributed by atoms with van der Waals surface area (Å²) in [6.45, 7) is 4.40. The molecule has 116 valence electrons. The lowest BCUT2D eigenvalue weighted by atomic mass is 10.1. The van der Waals surface area contributed by atoms with Gasteiger partial charge in [0.25, 0.3) is 5.91 Å². The number of benzene rings is 1. The van der Waals surface area contributed by atoms with Crippen LogP contribution in [0.4, 0.5) is 0 Å². The van der Waals surface area contributed by atoms with Crippen molar-refractivity contribution in [2.24, 2.45) is 0 Å². The molecular weight excluding hydrogens is 288 g/mol. The zero-order valence-electron chi connectivity index (χ0n) is 13.4. The third-order valence-corrected chi connectivity index (χ3v) is 3.84. The molecule has 2 heterocycles. The Bertz CT molecular complexity index is 862. The molecule has 23 heavy (non-hydrogen) atoms. The monoisotopic (exact) mass is 306 g/mol. The number of aromatic nitrogens is 3. The van der Waals surface area contributed by atoms with E-state index in [-0.39, 0.29) is 5.91 Å². The predicted octanol–water partition coefficient (Wildman–Crippen LogP) is 2.91. The highest BCUT2D eigenvalue weighted by Crippen LogP contribution is 2.16. The highest BCUT2D eigenvalue weighted by atomic mass is 16.2. The fraction of sp³-hybridized carbons (Fsp3) is 0.222. The van der Waals surface area contributed by atoms with E-state index in [0.29, 0.717) is 12.1 Å². The summed E-state index contributed by atoms with van der Waals surface area (Å²) in [5.74, 6) is -0.0382. The maximum absolute atomic E-state index is 12.6. The Morgan fingerprint density at radius 3 is 2.35 bits per heavy atom. The molecule has 0 unspecified atom stereocenters. The molecule has 5 nitrogen and oxygen atoms in total. The van der Waals surface area contributed by atoms with Crippen molar-refractivity contribution < 1.29 is 4.79 Å². The highest BCUT2D eigenvalue weighted by Gasteiger charge is 2.13. The molecular formula is C18H18N4O. The molecule has 0 radical (unpaired) electrons. The lowest BCUT2D eigenvalue weighted by Crippen LogP contribution is -2.26. The van der Waals surface area contributed by atoms with Crippen LogP contribution >= 0.6 is 0 Å². The summed E-state index contributed by atoms with van der Waals surface area (Å²) in [6, 6.07) is 9.27. The molecule has 0 aliphatic heterocycles. The number of hydrogen-bond acceptors (Lipinski definition) is 4. The molecule has 1 aromatic carbocycles. The van der Waals surface area contributed by atoms with E-state index >= 15 is 0 Å². The maximum atomic E-state index is 12.6. The van der Waals surface area contributed by atoms with E-state index in [1.165, 1.54) is 0 Å². The first-order valence-electron chi connectivity index (χ1n) is 7.44. The van der Waals surface area contributed by atoms with Crippen LogP contribution < -0.4 is 0 Å². The molecule has 0 bridgehead atoms. The van der Waals surface area contributed by atoms with Gasteiger partial charge in [-0.25, -0.2) is 9.97 Å². The molecule has 0 saturated heterocycles. The Morgan fingerprint density at radius 2 is 1.65 bits per heavy atom. The van der Waals surface area contributed by atoms with Gasteiger partial charge in [-0.15, -0.1) is 0 Å². The first-order valence-corrected chi connectivity index (χ1v) is 7.44. The minimum Gasteiger partial charge on any atom is -0.337 e. The van der Waals surface area contributed by atoms with Crippen molar-refractivity contribution in [3.05, 3.63) is 65.2 Å². The van der Waals surface area contributed by atoms with Crippen molar-refractivity contribution in [2.75, 3.05) is 7.05 Å². The van der Waals surface area contributed by atoms with Crippen molar-refractivity contribution in [1.29, 1.82) is 0 Å². The Balaban J connectivity index is 1.87. The van der Waals surface area contributed by atoms with Crippen molar-refractivity contribution in [2.45, 2.75) is 20.4 Å². The Hall–Kier alpha value is -2.82. The third-order valence-electron chi connectivity index (χ3n) is 3.84. The molecule has 0 atom stereocenters. The summed E-state index contributed by atoms with van der Waals surface area (Å²) in [7, 11) is 1.79. The van der Waals surface area contributed by atoms with Crippen LogP contribution in [0, 0.1) is 13.8 Å². The molecule has 3 rings (SSSR count). The number of fused-ring (bicyclic) bond motifs is 1. The molecule has 0 fully saturated rings. The van der Waals surface area contributed by atoms with Gasteiger partial charge < -0.3 is 4.90 Å². The highest BCUT2D eigenvalue weighted by molar-refractivity contribution is 5.97. The molecule has 3 aromatic rings. The number of carbonyl (C=O) groups excluding carboxylic acids is 1. The zero-order valence-corrected chi connectivity index (χ0v) is 13.4. The van der Waals surface area contributed by atoms with E-state index in [2.05, 4.69) is 15.0 Å². The summed E-state index contributed by atoms with van der Waals surface area (Å²) < 4.78 is 0. The number of aryl methyl sites for hydroxylation is 2. The Labute approximate surface area is 135 Å². The van der Waals surface area contributed by atoms with Crippen molar-refractivity contribution in [3.63, 3.8) is 0 Å². The first kappa shape index (κ1) is 15.1. The van der Waals surface area contributed by atoms with Crippen molar-refractivity contribution in [3.8, 4) is 0 Å². The van der Waals surface area contributed by atoms with Crippen molar-refractivity contribution >= 4 is 16.9 Å². The Kier molecular flexibility index (Phi) is 4.02. The standard InChI is InChI=1S/C18H18N4O/c1-12-13(2)21-17-10-15(4-5-16(17)20-12)18(23)22(3)11-14-6-8-19-9-7-14/h4-10H,11H2,1-3H3.